The zero-order valence-corrected chi connectivity index (χ0v) is 7.52. The van der Waals surface area contributed by atoms with Gasteiger partial charge in [-0.3, -0.25) is 14.9 Å². The fraction of sp³-hybridized carbons (Fsp3) is 0.125. The minimum absolute atomic E-state index is 0.112. The van der Waals surface area contributed by atoms with Crippen molar-refractivity contribution in [2.75, 3.05) is 0 Å². The molecule has 1 aromatic carbocycles. The van der Waals surface area contributed by atoms with E-state index in [-0.39, 0.29) is 6.29 Å². The Labute approximate surface area is 86.6 Å². The number of nitrogens with zero attached hydrogens (tertiary/aromatic N) is 1. The largest absolute Gasteiger partial charge is 0.431 e. The highest BCUT2D eigenvalue weighted by Crippen LogP contribution is 2.30. The van der Waals surface area contributed by atoms with Crippen LogP contribution in [0.4, 0.5) is 18.9 Å². The van der Waals surface area contributed by atoms with Crippen molar-refractivity contribution in [2.24, 2.45) is 0 Å². The molecule has 1 aromatic rings. The van der Waals surface area contributed by atoms with E-state index in [1.165, 1.54) is 0 Å². The van der Waals surface area contributed by atoms with Crippen molar-refractivity contribution in [3.05, 3.63) is 33.6 Å². The van der Waals surface area contributed by atoms with Gasteiger partial charge in [-0.15, -0.1) is 0 Å². The van der Waals surface area contributed by atoms with Gasteiger partial charge in [0.2, 0.25) is 0 Å². The molecule has 0 atom stereocenters. The smallest absolute Gasteiger partial charge is 0.387 e. The Morgan fingerprint density at radius 3 is 2.50 bits per heavy atom. The lowest BCUT2D eigenvalue weighted by Gasteiger charge is -2.07. The van der Waals surface area contributed by atoms with E-state index in [4.69, 9.17) is 0 Å². The van der Waals surface area contributed by atoms with Crippen LogP contribution in [0.15, 0.2) is 12.1 Å². The van der Waals surface area contributed by atoms with Crippen molar-refractivity contribution in [3.63, 3.8) is 0 Å². The Kier molecular flexibility index (Phi) is 3.44. The molecule has 0 aliphatic carbocycles. The van der Waals surface area contributed by atoms with E-state index in [2.05, 4.69) is 4.74 Å². The molecule has 0 aromatic heterocycles. The topological polar surface area (TPSA) is 69.4 Å². The molecule has 0 spiro atoms. The van der Waals surface area contributed by atoms with Crippen LogP contribution in [0, 0.1) is 15.9 Å². The van der Waals surface area contributed by atoms with Crippen LogP contribution in [0.25, 0.3) is 0 Å². The summed E-state index contributed by atoms with van der Waals surface area (Å²) in [4.78, 5) is 19.9. The van der Waals surface area contributed by atoms with Gasteiger partial charge in [-0.2, -0.15) is 8.78 Å². The Morgan fingerprint density at radius 1 is 1.44 bits per heavy atom. The number of ether oxygens (including phenoxy) is 1. The molecule has 0 N–H and O–H groups in total. The molecule has 0 amide bonds. The number of nitro benzene ring substituents is 1. The Bertz CT molecular complexity index is 436. The van der Waals surface area contributed by atoms with Gasteiger partial charge in [0.1, 0.15) is 5.56 Å². The second-order valence-corrected chi connectivity index (χ2v) is 2.56. The maximum atomic E-state index is 13.0. The molecule has 0 heterocycles. The molecule has 0 aliphatic heterocycles. The summed E-state index contributed by atoms with van der Waals surface area (Å²) in [6.07, 6.45) is -0.112. The molecule has 0 aliphatic rings. The van der Waals surface area contributed by atoms with Gasteiger partial charge in [-0.25, -0.2) is 4.39 Å². The quantitative estimate of drug-likeness (QED) is 0.455. The number of carbonyl (C=O) groups is 1. The zero-order valence-electron chi connectivity index (χ0n) is 7.52. The van der Waals surface area contributed by atoms with Gasteiger partial charge in [0, 0.05) is 6.07 Å². The number of aldehydes is 1. The van der Waals surface area contributed by atoms with E-state index in [0.29, 0.717) is 12.1 Å². The number of hydrogen-bond acceptors (Lipinski definition) is 4. The Morgan fingerprint density at radius 2 is 2.06 bits per heavy atom. The molecule has 0 fully saturated rings. The number of halogens is 3. The average molecular weight is 235 g/mol. The van der Waals surface area contributed by atoms with Gasteiger partial charge < -0.3 is 4.74 Å². The van der Waals surface area contributed by atoms with Crippen molar-refractivity contribution in [2.45, 2.75) is 6.61 Å². The van der Waals surface area contributed by atoms with Crippen LogP contribution in [0.3, 0.4) is 0 Å². The highest BCUT2D eigenvalue weighted by molar-refractivity contribution is 5.85. The van der Waals surface area contributed by atoms with Crippen molar-refractivity contribution < 1.29 is 27.6 Å². The number of alkyl halides is 2. The van der Waals surface area contributed by atoms with Gasteiger partial charge >= 0.3 is 6.61 Å². The van der Waals surface area contributed by atoms with E-state index in [9.17, 15) is 28.1 Å². The third kappa shape index (κ3) is 2.27. The van der Waals surface area contributed by atoms with Crippen molar-refractivity contribution in [3.8, 4) is 5.75 Å². The van der Waals surface area contributed by atoms with E-state index in [1.807, 2.05) is 0 Å². The monoisotopic (exact) mass is 235 g/mol. The van der Waals surface area contributed by atoms with Crippen LogP contribution in [0.2, 0.25) is 0 Å². The van der Waals surface area contributed by atoms with Crippen molar-refractivity contribution >= 4 is 12.0 Å². The molecule has 0 saturated heterocycles. The van der Waals surface area contributed by atoms with Crippen LogP contribution in [-0.2, 0) is 0 Å². The van der Waals surface area contributed by atoms with Gasteiger partial charge in [-0.1, -0.05) is 0 Å². The number of rotatable bonds is 4. The minimum Gasteiger partial charge on any atom is -0.431 e. The van der Waals surface area contributed by atoms with Gasteiger partial charge in [0.05, 0.1) is 4.92 Å². The van der Waals surface area contributed by atoms with Crippen LogP contribution in [-0.4, -0.2) is 17.8 Å². The fourth-order valence-electron chi connectivity index (χ4n) is 1.04. The molecule has 1 rings (SSSR count). The van der Waals surface area contributed by atoms with E-state index < -0.39 is 34.4 Å². The first kappa shape index (κ1) is 12.0. The Balaban J connectivity index is 3.38. The summed E-state index contributed by atoms with van der Waals surface area (Å²) in [6, 6.07) is 1.26. The molecular formula is C8H4F3NO4. The van der Waals surface area contributed by atoms with Crippen LogP contribution >= 0.6 is 0 Å². The second-order valence-electron chi connectivity index (χ2n) is 2.56. The maximum Gasteiger partial charge on any atom is 0.387 e. The highest BCUT2D eigenvalue weighted by atomic mass is 19.3. The fourth-order valence-corrected chi connectivity index (χ4v) is 1.04. The van der Waals surface area contributed by atoms with Crippen LogP contribution in [0.5, 0.6) is 5.75 Å². The summed E-state index contributed by atoms with van der Waals surface area (Å²) in [5, 5.41) is 10.4. The SMILES string of the molecule is O=Cc1c([N+](=O)[O-])ccc(F)c1OC(F)F. The third-order valence-electron chi connectivity index (χ3n) is 1.65. The second kappa shape index (κ2) is 4.60. The van der Waals surface area contributed by atoms with E-state index >= 15 is 0 Å². The first-order chi connectivity index (χ1) is 7.47. The van der Waals surface area contributed by atoms with Crippen LogP contribution in [0.1, 0.15) is 10.4 Å². The molecule has 0 bridgehead atoms. The van der Waals surface area contributed by atoms with Crippen LogP contribution < -0.4 is 4.74 Å². The first-order valence-electron chi connectivity index (χ1n) is 3.84. The Hall–Kier alpha value is -2.12. The summed E-state index contributed by atoms with van der Waals surface area (Å²) in [7, 11) is 0. The third-order valence-corrected chi connectivity index (χ3v) is 1.65. The number of benzene rings is 1. The van der Waals surface area contributed by atoms with Crippen molar-refractivity contribution in [1.29, 1.82) is 0 Å². The predicted octanol–water partition coefficient (Wildman–Crippen LogP) is 2.15. The molecule has 0 radical (unpaired) electrons. The normalized spacial score (nSPS) is 10.2. The molecule has 86 valence electrons. The predicted molar refractivity (Wildman–Crippen MR) is 45.1 cm³/mol. The summed E-state index contributed by atoms with van der Waals surface area (Å²) in [5.74, 6) is -2.40. The van der Waals surface area contributed by atoms with E-state index in [1.54, 1.807) is 0 Å². The standard InChI is InChI=1S/C8H4F3NO4/c9-5-1-2-6(12(14)15)4(3-13)7(5)16-8(10)11/h1-3,8H. The summed E-state index contributed by atoms with van der Waals surface area (Å²) in [6.45, 7) is -3.38. The number of hydrogen-bond donors (Lipinski definition) is 0. The lowest BCUT2D eigenvalue weighted by Crippen LogP contribution is -2.08. The van der Waals surface area contributed by atoms with Gasteiger partial charge in [0.25, 0.3) is 5.69 Å². The molecular weight excluding hydrogens is 231 g/mol. The lowest BCUT2D eigenvalue weighted by molar-refractivity contribution is -0.385. The highest BCUT2D eigenvalue weighted by Gasteiger charge is 2.24. The molecule has 8 heteroatoms. The minimum atomic E-state index is -3.38. The molecule has 16 heavy (non-hydrogen) atoms. The summed E-state index contributed by atoms with van der Waals surface area (Å²) >= 11 is 0. The maximum absolute atomic E-state index is 13.0. The van der Waals surface area contributed by atoms with Crippen molar-refractivity contribution in [1.82, 2.24) is 0 Å². The first-order valence-corrected chi connectivity index (χ1v) is 3.84. The average Bonchev–Trinajstić information content (AvgIpc) is 2.19. The number of nitro groups is 1. The number of carbonyl (C=O) groups excluding carboxylic acids is 1. The molecule has 0 saturated carbocycles. The lowest BCUT2D eigenvalue weighted by atomic mass is 10.1. The summed E-state index contributed by atoms with van der Waals surface area (Å²) < 4.78 is 40.5. The van der Waals surface area contributed by atoms with E-state index in [0.717, 1.165) is 0 Å². The van der Waals surface area contributed by atoms with Gasteiger partial charge in [-0.05, 0) is 6.07 Å². The molecule has 5 nitrogen and oxygen atoms in total. The summed E-state index contributed by atoms with van der Waals surface area (Å²) in [5.41, 5.74) is -1.66. The van der Waals surface area contributed by atoms with Gasteiger partial charge in [0.15, 0.2) is 17.9 Å². The molecule has 0 unspecified atom stereocenters. The zero-order chi connectivity index (χ0) is 12.3.